The molecule has 0 saturated heterocycles. The third-order valence-electron chi connectivity index (χ3n) is 4.88. The predicted octanol–water partition coefficient (Wildman–Crippen LogP) is 3.32. The van der Waals surface area contributed by atoms with E-state index in [-0.39, 0.29) is 16.3 Å². The van der Waals surface area contributed by atoms with Crippen LogP contribution in [-0.2, 0) is 0 Å². The average molecular weight is 367 g/mol. The van der Waals surface area contributed by atoms with Crippen LogP contribution in [0.5, 0.6) is 11.5 Å². The van der Waals surface area contributed by atoms with Crippen LogP contribution in [0.25, 0.3) is 23.1 Å². The third-order valence-corrected chi connectivity index (χ3v) is 4.88. The van der Waals surface area contributed by atoms with Crippen molar-refractivity contribution in [2.45, 2.75) is 39.3 Å². The second-order valence-electron chi connectivity index (χ2n) is 7.36. The van der Waals surface area contributed by atoms with E-state index in [1.165, 1.54) is 6.07 Å². The van der Waals surface area contributed by atoms with Crippen LogP contribution in [-0.4, -0.2) is 11.6 Å². The predicted molar refractivity (Wildman–Crippen MR) is 104 cm³/mol. The van der Waals surface area contributed by atoms with Crippen molar-refractivity contribution in [1.29, 1.82) is 0 Å². The third kappa shape index (κ3) is 2.60. The van der Waals surface area contributed by atoms with Crippen molar-refractivity contribution in [2.24, 2.45) is 0 Å². The van der Waals surface area contributed by atoms with Gasteiger partial charge in [0.15, 0.2) is 5.76 Å². The number of hydroxylamine groups is 1. The molecule has 2 aromatic rings. The minimum atomic E-state index is -0.555. The molecular weight excluding hydrogens is 346 g/mol. The van der Waals surface area contributed by atoms with E-state index in [1.807, 2.05) is 39.0 Å². The maximum atomic E-state index is 13.0. The molecule has 4 rings (SSSR count). The van der Waals surface area contributed by atoms with Crippen LogP contribution in [0.3, 0.4) is 0 Å². The summed E-state index contributed by atoms with van der Waals surface area (Å²) in [6.07, 6.45) is 7.42. The van der Waals surface area contributed by atoms with E-state index in [9.17, 15) is 10.0 Å². The van der Waals surface area contributed by atoms with Crippen molar-refractivity contribution in [1.82, 2.24) is 0 Å². The Morgan fingerprint density at radius 2 is 2.07 bits per heavy atom. The molecule has 1 unspecified atom stereocenters. The van der Waals surface area contributed by atoms with Crippen molar-refractivity contribution in [3.63, 3.8) is 0 Å². The van der Waals surface area contributed by atoms with Crippen LogP contribution in [0.2, 0.25) is 0 Å². The highest BCUT2D eigenvalue weighted by Crippen LogP contribution is 2.49. The minimum absolute atomic E-state index is 0.187. The molecule has 0 saturated carbocycles. The summed E-state index contributed by atoms with van der Waals surface area (Å²) >= 11 is 0. The Labute approximate surface area is 156 Å². The van der Waals surface area contributed by atoms with Crippen LogP contribution >= 0.6 is 0 Å². The molecule has 1 aromatic carbocycles. The Kier molecular flexibility index (Phi) is 3.80. The molecule has 2 atom stereocenters. The van der Waals surface area contributed by atoms with Crippen LogP contribution < -0.4 is 20.2 Å². The Morgan fingerprint density at radius 3 is 2.78 bits per heavy atom. The molecule has 2 aliphatic rings. The lowest BCUT2D eigenvalue weighted by molar-refractivity contribution is -0.802. The fraction of sp³-hybridized carbons (Fsp3) is 0.286. The molecule has 0 spiro atoms. The maximum Gasteiger partial charge on any atom is 0.337 e. The Bertz CT molecular complexity index is 1090. The zero-order chi connectivity index (χ0) is 19.5. The fourth-order valence-electron chi connectivity index (χ4n) is 3.46. The van der Waals surface area contributed by atoms with Gasteiger partial charge in [0.05, 0.1) is 10.9 Å². The van der Waals surface area contributed by atoms with Gasteiger partial charge < -0.3 is 24.2 Å². The van der Waals surface area contributed by atoms with Crippen molar-refractivity contribution < 1.29 is 19.0 Å². The maximum absolute atomic E-state index is 13.0. The van der Waals surface area contributed by atoms with Crippen LogP contribution in [0.15, 0.2) is 39.8 Å². The summed E-state index contributed by atoms with van der Waals surface area (Å²) in [6, 6.07) is 0.875. The minimum Gasteiger partial charge on any atom is -0.628 e. The van der Waals surface area contributed by atoms with E-state index in [0.29, 0.717) is 33.8 Å². The molecule has 6 heteroatoms. The zero-order valence-corrected chi connectivity index (χ0v) is 15.7. The number of rotatable bonds is 1. The first-order valence-electron chi connectivity index (χ1n) is 8.83. The highest BCUT2D eigenvalue weighted by atomic mass is 16.5. The smallest absolute Gasteiger partial charge is 0.337 e. The number of hydrogen-bond acceptors (Lipinski definition) is 5. The van der Waals surface area contributed by atoms with Gasteiger partial charge in [-0.25, -0.2) is 4.79 Å². The van der Waals surface area contributed by atoms with Gasteiger partial charge in [-0.2, -0.15) is 0 Å². The van der Waals surface area contributed by atoms with Gasteiger partial charge >= 0.3 is 5.63 Å². The number of nitrogens with one attached hydrogen (secondary N) is 1. The van der Waals surface area contributed by atoms with Crippen molar-refractivity contribution in [2.75, 3.05) is 0 Å². The van der Waals surface area contributed by atoms with Gasteiger partial charge in [0, 0.05) is 6.07 Å². The molecule has 0 fully saturated rings. The average Bonchev–Trinajstić information content (AvgIpc) is 2.58. The highest BCUT2D eigenvalue weighted by molar-refractivity contribution is 6.03. The molecule has 0 bridgehead atoms. The van der Waals surface area contributed by atoms with Gasteiger partial charge in [-0.1, -0.05) is 18.7 Å². The topological polar surface area (TPSA) is 76.2 Å². The Hall–Kier alpha value is -2.83. The van der Waals surface area contributed by atoms with Crippen molar-refractivity contribution in [3.05, 3.63) is 57.3 Å². The van der Waals surface area contributed by atoms with E-state index in [2.05, 4.69) is 6.58 Å². The second-order valence-corrected chi connectivity index (χ2v) is 7.36. The van der Waals surface area contributed by atoms with E-state index in [4.69, 9.17) is 13.9 Å². The van der Waals surface area contributed by atoms with Crippen LogP contribution in [0.1, 0.15) is 38.8 Å². The molecule has 1 aromatic heterocycles. The van der Waals surface area contributed by atoms with Gasteiger partial charge in [0.2, 0.25) is 17.0 Å². The van der Waals surface area contributed by atoms with E-state index in [1.54, 1.807) is 13.0 Å². The number of hydrogen-bond donors (Lipinski definition) is 1. The Balaban J connectivity index is 2.22. The summed E-state index contributed by atoms with van der Waals surface area (Å²) in [4.78, 5) is 12.2. The van der Waals surface area contributed by atoms with Crippen LogP contribution in [0, 0.1) is 5.21 Å². The summed E-state index contributed by atoms with van der Waals surface area (Å²) in [5.74, 6) is 1.22. The molecule has 140 valence electrons. The first-order chi connectivity index (χ1) is 12.7. The van der Waals surface area contributed by atoms with E-state index < -0.39 is 17.3 Å². The number of allylic oxidation sites excluding steroid dienone is 1. The van der Waals surface area contributed by atoms with Gasteiger partial charge in [0.25, 0.3) is 0 Å². The molecule has 1 N–H and O–H groups in total. The molecule has 6 nitrogen and oxygen atoms in total. The molecule has 0 aliphatic carbocycles. The summed E-state index contributed by atoms with van der Waals surface area (Å²) in [7, 11) is 0. The largest absolute Gasteiger partial charge is 0.628 e. The molecule has 3 heterocycles. The molecule has 0 radical (unpaired) electrons. The zero-order valence-electron chi connectivity index (χ0n) is 15.7. The van der Waals surface area contributed by atoms with Crippen molar-refractivity contribution >= 4 is 28.8 Å². The number of ether oxygens (including phenoxy) is 2. The molecular formula is C21H21NO5. The summed E-state index contributed by atoms with van der Waals surface area (Å²) < 4.78 is 17.6. The van der Waals surface area contributed by atoms with Gasteiger partial charge in [0.1, 0.15) is 17.4 Å². The number of quaternary nitrogens is 1. The summed E-state index contributed by atoms with van der Waals surface area (Å²) in [6.45, 7) is 11.3. The monoisotopic (exact) mass is 367 g/mol. The van der Waals surface area contributed by atoms with Crippen molar-refractivity contribution in [3.8, 4) is 11.5 Å². The molecule has 27 heavy (non-hydrogen) atoms. The fourth-order valence-corrected chi connectivity index (χ4v) is 3.46. The number of fused-ring (bicyclic) bond motifs is 6. The van der Waals surface area contributed by atoms with Gasteiger partial charge in [-0.05, 0) is 45.4 Å². The van der Waals surface area contributed by atoms with E-state index in [0.717, 1.165) is 0 Å². The molecule has 2 aliphatic heterocycles. The lowest BCUT2D eigenvalue weighted by Crippen LogP contribution is -3.07. The SMILES string of the molecule is C=C1Oc2c3c(c4c(/C=C/C)cc(=O)oc4c2[NH+]([O-])[C@@H]1C)OC(C)(C)C=C3. The first kappa shape index (κ1) is 17.6. The molecule has 0 amide bonds. The lowest BCUT2D eigenvalue weighted by atomic mass is 9.95. The Morgan fingerprint density at radius 1 is 1.33 bits per heavy atom. The van der Waals surface area contributed by atoms with Crippen LogP contribution in [0.4, 0.5) is 5.69 Å². The standard InChI is InChI=1S/C21H21NO5/c1-6-7-13-10-15(23)26-20-16(13)18-14(8-9-21(4,5)27-18)19-17(20)22(24)11(2)12(3)25-19/h6-11,22H,3H2,1-2,4-5H3/b7-6+/t11-/m1/s1. The quantitative estimate of drug-likeness (QED) is 0.618. The van der Waals surface area contributed by atoms with Gasteiger partial charge in [-0.15, -0.1) is 0 Å². The normalized spacial score (nSPS) is 23.1. The van der Waals surface area contributed by atoms with Gasteiger partial charge in [-0.3, -0.25) is 0 Å². The first-order valence-corrected chi connectivity index (χ1v) is 8.83. The second kappa shape index (κ2) is 5.84. The number of benzene rings is 1. The lowest BCUT2D eigenvalue weighted by Gasteiger charge is -2.38. The highest BCUT2D eigenvalue weighted by Gasteiger charge is 2.38. The summed E-state index contributed by atoms with van der Waals surface area (Å²) in [5.41, 5.74) is 0.658. The summed E-state index contributed by atoms with van der Waals surface area (Å²) in [5, 5.41) is 13.5. The van der Waals surface area contributed by atoms with E-state index >= 15 is 0 Å².